The lowest BCUT2D eigenvalue weighted by molar-refractivity contribution is 0.0996. The first-order valence-corrected chi connectivity index (χ1v) is 9.44. The predicted molar refractivity (Wildman–Crippen MR) is 96.8 cm³/mol. The van der Waals surface area contributed by atoms with Crippen LogP contribution in [-0.2, 0) is 0 Å². The molecule has 2 aromatic rings. The first-order chi connectivity index (χ1) is 10.6. The minimum absolute atomic E-state index is 0.400. The van der Waals surface area contributed by atoms with Crippen LogP contribution in [0.4, 0.5) is 0 Å². The minimum Gasteiger partial charge on any atom is -0.364 e. The number of primary amides is 1. The van der Waals surface area contributed by atoms with Crippen LogP contribution in [0, 0.1) is 5.92 Å². The summed E-state index contributed by atoms with van der Waals surface area (Å²) >= 11 is 7.79. The van der Waals surface area contributed by atoms with Crippen molar-refractivity contribution in [2.75, 3.05) is 12.0 Å². The van der Waals surface area contributed by atoms with E-state index in [9.17, 15) is 4.79 Å². The molecule has 0 spiro atoms. The summed E-state index contributed by atoms with van der Waals surface area (Å²) in [6.07, 6.45) is 9.69. The number of hydrogen-bond acceptors (Lipinski definition) is 2. The van der Waals surface area contributed by atoms with Gasteiger partial charge in [0.1, 0.15) is 5.69 Å². The Bertz CT molecular complexity index is 617. The van der Waals surface area contributed by atoms with E-state index in [2.05, 4.69) is 11.2 Å². The number of nitrogens with two attached hydrogens (primary N) is 1. The quantitative estimate of drug-likeness (QED) is 0.840. The van der Waals surface area contributed by atoms with Crippen LogP contribution < -0.4 is 5.73 Å². The molecule has 0 atom stereocenters. The number of fused-ring (bicyclic) bond motifs is 1. The van der Waals surface area contributed by atoms with Gasteiger partial charge in [0.05, 0.1) is 0 Å². The zero-order valence-electron chi connectivity index (χ0n) is 12.9. The van der Waals surface area contributed by atoms with Gasteiger partial charge >= 0.3 is 0 Å². The van der Waals surface area contributed by atoms with Crippen LogP contribution in [0.2, 0.25) is 5.02 Å². The molecule has 22 heavy (non-hydrogen) atoms. The molecular weight excluding hydrogens is 316 g/mol. The van der Waals surface area contributed by atoms with Gasteiger partial charge in [-0.1, -0.05) is 30.9 Å². The normalized spacial score (nSPS) is 15.4. The molecule has 5 heteroatoms. The van der Waals surface area contributed by atoms with E-state index in [0.29, 0.717) is 10.7 Å². The number of carbonyl (C=O) groups is 1. The standard InChI is InChI=1S/C9H7ClN2O.C8H16S/c10-6-1-2-7-5(3-6)4-8(12-7)9(11)13;1-9-7-8-5-3-2-4-6-8/h1-4,12H,(H2,11,13);8H,2-7H2,1H3. The first kappa shape index (κ1) is 17.2. The van der Waals surface area contributed by atoms with Crippen molar-refractivity contribution >= 4 is 40.2 Å². The third kappa shape index (κ3) is 4.96. The van der Waals surface area contributed by atoms with E-state index < -0.39 is 5.91 Å². The molecule has 0 saturated heterocycles. The molecule has 3 rings (SSSR count). The van der Waals surface area contributed by atoms with Gasteiger partial charge in [-0.25, -0.2) is 0 Å². The molecule has 0 bridgehead atoms. The molecule has 0 radical (unpaired) electrons. The Morgan fingerprint density at radius 1 is 1.32 bits per heavy atom. The molecule has 1 fully saturated rings. The van der Waals surface area contributed by atoms with Gasteiger partial charge in [0.2, 0.25) is 0 Å². The second kappa shape index (κ2) is 8.49. The summed E-state index contributed by atoms with van der Waals surface area (Å²) < 4.78 is 0. The van der Waals surface area contributed by atoms with Gasteiger partial charge in [0.15, 0.2) is 0 Å². The third-order valence-electron chi connectivity index (χ3n) is 3.98. The molecule has 1 aromatic heterocycles. The highest BCUT2D eigenvalue weighted by Gasteiger charge is 2.11. The Morgan fingerprint density at radius 2 is 2.05 bits per heavy atom. The smallest absolute Gasteiger partial charge is 0.265 e. The van der Waals surface area contributed by atoms with Crippen LogP contribution in [0.5, 0.6) is 0 Å². The number of rotatable bonds is 3. The molecule has 1 heterocycles. The Balaban J connectivity index is 0.000000172. The largest absolute Gasteiger partial charge is 0.364 e. The summed E-state index contributed by atoms with van der Waals surface area (Å²) in [6, 6.07) is 7.03. The average molecular weight is 339 g/mol. The van der Waals surface area contributed by atoms with Gasteiger partial charge in [-0.05, 0) is 55.0 Å². The number of nitrogens with one attached hydrogen (secondary N) is 1. The molecule has 120 valence electrons. The zero-order chi connectivity index (χ0) is 15.9. The van der Waals surface area contributed by atoms with Crippen LogP contribution in [0.15, 0.2) is 24.3 Å². The number of amides is 1. The lowest BCUT2D eigenvalue weighted by Gasteiger charge is -2.19. The highest BCUT2D eigenvalue weighted by atomic mass is 35.5. The van der Waals surface area contributed by atoms with Gasteiger partial charge in [0, 0.05) is 15.9 Å². The Labute approximate surface area is 141 Å². The van der Waals surface area contributed by atoms with Crippen LogP contribution in [0.3, 0.4) is 0 Å². The molecule has 3 N–H and O–H groups in total. The molecular formula is C17H23ClN2OS. The van der Waals surface area contributed by atoms with Gasteiger partial charge in [-0.15, -0.1) is 0 Å². The lowest BCUT2D eigenvalue weighted by atomic mass is 9.91. The molecule has 3 nitrogen and oxygen atoms in total. The van der Waals surface area contributed by atoms with Gasteiger partial charge in [-0.3, -0.25) is 4.79 Å². The first-order valence-electron chi connectivity index (χ1n) is 7.67. The van der Waals surface area contributed by atoms with Crippen molar-refractivity contribution in [3.63, 3.8) is 0 Å². The fourth-order valence-electron chi connectivity index (χ4n) is 2.83. The van der Waals surface area contributed by atoms with Crippen molar-refractivity contribution < 1.29 is 4.79 Å². The average Bonchev–Trinajstić information content (AvgIpc) is 2.93. The van der Waals surface area contributed by atoms with Crippen molar-refractivity contribution in [2.24, 2.45) is 11.7 Å². The van der Waals surface area contributed by atoms with Crippen LogP contribution in [0.25, 0.3) is 10.9 Å². The highest BCUT2D eigenvalue weighted by molar-refractivity contribution is 7.98. The molecule has 1 aromatic carbocycles. The van der Waals surface area contributed by atoms with Crippen molar-refractivity contribution in [2.45, 2.75) is 32.1 Å². The van der Waals surface area contributed by atoms with Crippen LogP contribution in [-0.4, -0.2) is 22.9 Å². The second-order valence-corrected chi connectivity index (χ2v) is 7.09. The number of hydrogen-bond donors (Lipinski definition) is 2. The molecule has 0 unspecified atom stereocenters. The van der Waals surface area contributed by atoms with Crippen molar-refractivity contribution in [3.8, 4) is 0 Å². The summed E-state index contributed by atoms with van der Waals surface area (Å²) in [5.74, 6) is 2.00. The Kier molecular flexibility index (Phi) is 6.65. The maximum absolute atomic E-state index is 10.8. The fraction of sp³-hybridized carbons (Fsp3) is 0.471. The van der Waals surface area contributed by atoms with Crippen molar-refractivity contribution in [3.05, 3.63) is 35.0 Å². The number of benzene rings is 1. The Morgan fingerprint density at radius 3 is 2.68 bits per heavy atom. The number of carbonyl (C=O) groups excluding carboxylic acids is 1. The third-order valence-corrected chi connectivity index (χ3v) is 5.02. The molecule has 1 aliphatic rings. The monoisotopic (exact) mass is 338 g/mol. The number of aromatic nitrogens is 1. The van der Waals surface area contributed by atoms with E-state index in [1.165, 1.54) is 37.9 Å². The highest BCUT2D eigenvalue weighted by Crippen LogP contribution is 2.25. The fourth-order valence-corrected chi connectivity index (χ4v) is 3.81. The van der Waals surface area contributed by atoms with E-state index in [-0.39, 0.29) is 0 Å². The summed E-state index contributed by atoms with van der Waals surface area (Å²) in [5.41, 5.74) is 6.37. The predicted octanol–water partition coefficient (Wildman–Crippen LogP) is 4.85. The topological polar surface area (TPSA) is 58.9 Å². The van der Waals surface area contributed by atoms with E-state index in [0.717, 1.165) is 16.8 Å². The van der Waals surface area contributed by atoms with Crippen LogP contribution in [0.1, 0.15) is 42.6 Å². The SMILES string of the molecule is CSCC1CCCCC1.NC(=O)c1cc2cc(Cl)ccc2[nH]1. The van der Waals surface area contributed by atoms with Gasteiger partial charge in [0.25, 0.3) is 5.91 Å². The maximum Gasteiger partial charge on any atom is 0.265 e. The molecule has 0 aliphatic heterocycles. The number of halogens is 1. The van der Waals surface area contributed by atoms with E-state index in [4.69, 9.17) is 17.3 Å². The maximum atomic E-state index is 10.8. The number of H-pyrrole nitrogens is 1. The van der Waals surface area contributed by atoms with Crippen LogP contribution >= 0.6 is 23.4 Å². The summed E-state index contributed by atoms with van der Waals surface area (Å²) in [6.45, 7) is 0. The number of thioether (sulfide) groups is 1. The van der Waals surface area contributed by atoms with E-state index in [1.807, 2.05) is 17.8 Å². The van der Waals surface area contributed by atoms with Crippen molar-refractivity contribution in [1.82, 2.24) is 4.98 Å². The van der Waals surface area contributed by atoms with Gasteiger partial charge in [-0.2, -0.15) is 11.8 Å². The minimum atomic E-state index is -0.465. The molecule has 1 aliphatic carbocycles. The summed E-state index contributed by atoms with van der Waals surface area (Å²) in [4.78, 5) is 13.7. The van der Waals surface area contributed by atoms with Gasteiger partial charge < -0.3 is 10.7 Å². The summed E-state index contributed by atoms with van der Waals surface area (Å²) in [5, 5.41) is 1.53. The van der Waals surface area contributed by atoms with E-state index >= 15 is 0 Å². The molecule has 1 saturated carbocycles. The van der Waals surface area contributed by atoms with Crippen molar-refractivity contribution in [1.29, 1.82) is 0 Å². The summed E-state index contributed by atoms with van der Waals surface area (Å²) in [7, 11) is 0. The van der Waals surface area contributed by atoms with E-state index in [1.54, 1.807) is 18.2 Å². The Hall–Kier alpha value is -1.13. The molecule has 1 amide bonds. The zero-order valence-corrected chi connectivity index (χ0v) is 14.5. The number of aromatic amines is 1. The second-order valence-electron chi connectivity index (χ2n) is 5.74. The lowest BCUT2D eigenvalue weighted by Crippen LogP contribution is -2.10.